The van der Waals surface area contributed by atoms with Crippen LogP contribution in [0.3, 0.4) is 0 Å². The van der Waals surface area contributed by atoms with E-state index in [9.17, 15) is 13.6 Å². The Hall–Kier alpha value is -2.45. The molecule has 2 aromatic rings. The maximum Gasteiger partial charge on any atom is 0.320 e. The molecule has 0 spiro atoms. The van der Waals surface area contributed by atoms with Gasteiger partial charge in [-0.1, -0.05) is 6.92 Å². The predicted molar refractivity (Wildman–Crippen MR) is 86.1 cm³/mol. The molecule has 7 nitrogen and oxygen atoms in total. The number of hydrogen-bond donors (Lipinski definition) is 2. The number of aryl methyl sites for hydroxylation is 2. The van der Waals surface area contributed by atoms with Crippen LogP contribution in [0.5, 0.6) is 0 Å². The van der Waals surface area contributed by atoms with Crippen LogP contribution in [0.1, 0.15) is 18.3 Å². The Morgan fingerprint density at radius 3 is 2.67 bits per heavy atom. The van der Waals surface area contributed by atoms with E-state index in [0.29, 0.717) is 13.1 Å². The molecule has 1 atom stereocenters. The first-order valence-electron chi connectivity index (χ1n) is 7.71. The molecule has 0 saturated carbocycles. The van der Waals surface area contributed by atoms with Gasteiger partial charge in [-0.3, -0.25) is 14.7 Å². The minimum absolute atomic E-state index is 0.185. The summed E-state index contributed by atoms with van der Waals surface area (Å²) in [5.41, 5.74) is 2.04. The van der Waals surface area contributed by atoms with Crippen LogP contribution in [-0.4, -0.2) is 38.6 Å². The van der Waals surface area contributed by atoms with Gasteiger partial charge in [-0.25, -0.2) is 13.6 Å². The Labute approximate surface area is 139 Å². The summed E-state index contributed by atoms with van der Waals surface area (Å²) >= 11 is 0. The van der Waals surface area contributed by atoms with Crippen LogP contribution in [0.15, 0.2) is 18.3 Å². The van der Waals surface area contributed by atoms with Gasteiger partial charge in [0.25, 0.3) is 6.43 Å². The lowest BCUT2D eigenvalue weighted by Crippen LogP contribution is -2.33. The average molecular weight is 340 g/mol. The van der Waals surface area contributed by atoms with Gasteiger partial charge in [-0.15, -0.1) is 0 Å². The largest absolute Gasteiger partial charge is 0.337 e. The quantitative estimate of drug-likeness (QED) is 0.813. The summed E-state index contributed by atoms with van der Waals surface area (Å²) in [6.45, 7) is 6.59. The third-order valence-electron chi connectivity index (χ3n) is 3.41. The number of nitrogens with one attached hydrogen (secondary N) is 2. The standard InChI is InChI=1S/C15H22F2N6O/c1-10(8-23-12(3)6-11(2)20-23)7-18-15(24)19-14-4-5-22(21-14)9-13(16)17/h4-6,10,13H,7-9H2,1-3H3,(H2,18,19,21,24). The first-order valence-corrected chi connectivity index (χ1v) is 7.71. The number of urea groups is 1. The van der Waals surface area contributed by atoms with E-state index in [0.717, 1.165) is 16.1 Å². The van der Waals surface area contributed by atoms with Gasteiger partial charge in [0, 0.05) is 31.0 Å². The van der Waals surface area contributed by atoms with E-state index < -0.39 is 19.0 Å². The Kier molecular flexibility index (Phi) is 5.88. The van der Waals surface area contributed by atoms with Gasteiger partial charge in [-0.05, 0) is 25.8 Å². The van der Waals surface area contributed by atoms with Gasteiger partial charge in [0.05, 0.1) is 5.69 Å². The number of alkyl halides is 2. The maximum absolute atomic E-state index is 12.2. The fourth-order valence-corrected chi connectivity index (χ4v) is 2.32. The third-order valence-corrected chi connectivity index (χ3v) is 3.41. The van der Waals surface area contributed by atoms with Crippen molar-refractivity contribution < 1.29 is 13.6 Å². The fourth-order valence-electron chi connectivity index (χ4n) is 2.32. The summed E-state index contributed by atoms with van der Waals surface area (Å²) in [6.07, 6.45) is -1.09. The molecule has 2 heterocycles. The monoisotopic (exact) mass is 340 g/mol. The molecule has 0 aromatic carbocycles. The van der Waals surface area contributed by atoms with Crippen molar-refractivity contribution in [1.29, 1.82) is 0 Å². The van der Waals surface area contributed by atoms with Crippen molar-refractivity contribution in [3.8, 4) is 0 Å². The number of halogens is 2. The number of nitrogens with zero attached hydrogens (tertiary/aromatic N) is 4. The molecule has 0 aliphatic heterocycles. The third kappa shape index (κ3) is 5.32. The van der Waals surface area contributed by atoms with E-state index in [2.05, 4.69) is 20.8 Å². The van der Waals surface area contributed by atoms with Crippen molar-refractivity contribution in [2.24, 2.45) is 5.92 Å². The van der Waals surface area contributed by atoms with Crippen LogP contribution in [0.25, 0.3) is 0 Å². The summed E-state index contributed by atoms with van der Waals surface area (Å²) in [7, 11) is 0. The number of hydrogen-bond acceptors (Lipinski definition) is 3. The average Bonchev–Trinajstić information content (AvgIpc) is 3.02. The first kappa shape index (κ1) is 17.9. The SMILES string of the molecule is Cc1cc(C)n(CC(C)CNC(=O)Nc2ccn(CC(F)F)n2)n1. The first-order chi connectivity index (χ1) is 11.3. The predicted octanol–water partition coefficient (Wildman–Crippen LogP) is 2.42. The smallest absolute Gasteiger partial charge is 0.320 e. The molecule has 0 aliphatic carbocycles. The van der Waals surface area contributed by atoms with Gasteiger partial charge in [-0.2, -0.15) is 10.2 Å². The highest BCUT2D eigenvalue weighted by Crippen LogP contribution is 2.07. The second-order valence-corrected chi connectivity index (χ2v) is 5.86. The van der Waals surface area contributed by atoms with Gasteiger partial charge in [0.2, 0.25) is 0 Å². The molecule has 2 aromatic heterocycles. The van der Waals surface area contributed by atoms with Crippen molar-refractivity contribution >= 4 is 11.8 Å². The molecule has 0 radical (unpaired) electrons. The second kappa shape index (κ2) is 7.89. The number of carbonyl (C=O) groups excluding carboxylic acids is 1. The van der Waals surface area contributed by atoms with Crippen LogP contribution in [0.4, 0.5) is 19.4 Å². The fraction of sp³-hybridized carbons (Fsp3) is 0.533. The number of rotatable bonds is 7. The van der Waals surface area contributed by atoms with Crippen molar-refractivity contribution in [3.63, 3.8) is 0 Å². The minimum atomic E-state index is -2.48. The molecule has 24 heavy (non-hydrogen) atoms. The zero-order chi connectivity index (χ0) is 17.7. The van der Waals surface area contributed by atoms with Gasteiger partial charge >= 0.3 is 6.03 Å². The lowest BCUT2D eigenvalue weighted by atomic mass is 10.2. The Morgan fingerprint density at radius 1 is 1.29 bits per heavy atom. The number of amides is 2. The van der Waals surface area contributed by atoms with Crippen LogP contribution in [0.2, 0.25) is 0 Å². The number of carbonyl (C=O) groups is 1. The zero-order valence-electron chi connectivity index (χ0n) is 14.0. The Balaban J connectivity index is 1.76. The topological polar surface area (TPSA) is 76.8 Å². The van der Waals surface area contributed by atoms with E-state index in [1.54, 1.807) is 0 Å². The van der Waals surface area contributed by atoms with Crippen LogP contribution < -0.4 is 10.6 Å². The summed E-state index contributed by atoms with van der Waals surface area (Å²) in [4.78, 5) is 11.8. The molecule has 9 heteroatoms. The Morgan fingerprint density at radius 2 is 2.04 bits per heavy atom. The van der Waals surface area contributed by atoms with E-state index >= 15 is 0 Å². The molecule has 2 N–H and O–H groups in total. The summed E-state index contributed by atoms with van der Waals surface area (Å²) in [6, 6.07) is 3.06. The van der Waals surface area contributed by atoms with Crippen LogP contribution in [0, 0.1) is 19.8 Å². The Bertz CT molecular complexity index is 681. The zero-order valence-corrected chi connectivity index (χ0v) is 14.0. The highest BCUT2D eigenvalue weighted by Gasteiger charge is 2.11. The second-order valence-electron chi connectivity index (χ2n) is 5.86. The molecular formula is C15H22F2N6O. The lowest BCUT2D eigenvalue weighted by molar-refractivity contribution is 0.122. The van der Waals surface area contributed by atoms with Crippen LogP contribution in [-0.2, 0) is 13.1 Å². The van der Waals surface area contributed by atoms with Gasteiger partial charge < -0.3 is 5.32 Å². The van der Waals surface area contributed by atoms with Gasteiger partial charge in [0.1, 0.15) is 6.54 Å². The van der Waals surface area contributed by atoms with E-state index in [-0.39, 0.29) is 11.7 Å². The van der Waals surface area contributed by atoms with Gasteiger partial charge in [0.15, 0.2) is 5.82 Å². The molecule has 0 fully saturated rings. The van der Waals surface area contributed by atoms with E-state index in [4.69, 9.17) is 0 Å². The molecule has 2 rings (SSSR count). The number of aromatic nitrogens is 4. The molecule has 2 amide bonds. The number of anilines is 1. The highest BCUT2D eigenvalue weighted by atomic mass is 19.3. The van der Waals surface area contributed by atoms with Crippen molar-refractivity contribution in [3.05, 3.63) is 29.7 Å². The van der Waals surface area contributed by atoms with Crippen molar-refractivity contribution in [2.45, 2.75) is 40.3 Å². The highest BCUT2D eigenvalue weighted by molar-refractivity contribution is 5.88. The molecule has 0 bridgehead atoms. The molecular weight excluding hydrogens is 318 g/mol. The molecule has 0 aliphatic rings. The molecule has 0 saturated heterocycles. The molecule has 132 valence electrons. The minimum Gasteiger partial charge on any atom is -0.337 e. The summed E-state index contributed by atoms with van der Waals surface area (Å²) < 4.78 is 27.5. The molecule has 1 unspecified atom stereocenters. The van der Waals surface area contributed by atoms with Crippen molar-refractivity contribution in [1.82, 2.24) is 24.9 Å². The lowest BCUT2D eigenvalue weighted by Gasteiger charge is -2.14. The van der Waals surface area contributed by atoms with E-state index in [1.165, 1.54) is 12.3 Å². The maximum atomic E-state index is 12.2. The van der Waals surface area contributed by atoms with Crippen LogP contribution >= 0.6 is 0 Å². The summed E-state index contributed by atoms with van der Waals surface area (Å²) in [5.74, 6) is 0.421. The van der Waals surface area contributed by atoms with E-state index in [1.807, 2.05) is 31.5 Å². The summed E-state index contributed by atoms with van der Waals surface area (Å²) in [5, 5.41) is 13.5. The normalized spacial score (nSPS) is 12.4. The van der Waals surface area contributed by atoms with Crippen molar-refractivity contribution in [2.75, 3.05) is 11.9 Å².